The Hall–Kier alpha value is -2.00. The van der Waals surface area contributed by atoms with Gasteiger partial charge in [-0.1, -0.05) is 24.3 Å². The summed E-state index contributed by atoms with van der Waals surface area (Å²) >= 11 is 0. The molecule has 2 aromatic carbocycles. The molecule has 3 heteroatoms. The van der Waals surface area contributed by atoms with E-state index in [0.717, 1.165) is 11.4 Å². The van der Waals surface area contributed by atoms with Gasteiger partial charge >= 0.3 is 0 Å². The Bertz CT molecular complexity index is 727. The molecule has 1 saturated heterocycles. The van der Waals surface area contributed by atoms with Gasteiger partial charge in [-0.25, -0.2) is 0 Å². The van der Waals surface area contributed by atoms with Crippen LogP contribution in [0, 0.1) is 5.92 Å². The number of nitrogen functional groups attached to an aromatic ring is 1. The van der Waals surface area contributed by atoms with Gasteiger partial charge in [0.05, 0.1) is 7.11 Å². The van der Waals surface area contributed by atoms with E-state index in [-0.39, 0.29) is 0 Å². The first-order chi connectivity index (χ1) is 11.2. The number of rotatable bonds is 2. The Morgan fingerprint density at radius 1 is 1.09 bits per heavy atom. The number of hydrogen-bond donors (Lipinski definition) is 1. The molecule has 120 valence electrons. The molecule has 1 aliphatic heterocycles. The number of ether oxygens (including phenoxy) is 1. The quantitative estimate of drug-likeness (QED) is 0.858. The van der Waals surface area contributed by atoms with Crippen molar-refractivity contribution in [1.82, 2.24) is 4.90 Å². The number of nitrogens with two attached hydrogens (primary N) is 1. The summed E-state index contributed by atoms with van der Waals surface area (Å²) < 4.78 is 5.49. The molecule has 2 aliphatic rings. The third-order valence-corrected chi connectivity index (χ3v) is 5.64. The van der Waals surface area contributed by atoms with Crippen LogP contribution in [0.3, 0.4) is 0 Å². The van der Waals surface area contributed by atoms with Crippen LogP contribution in [0.2, 0.25) is 0 Å². The summed E-state index contributed by atoms with van der Waals surface area (Å²) in [5.41, 5.74) is 11.4. The lowest BCUT2D eigenvalue weighted by Crippen LogP contribution is -2.34. The van der Waals surface area contributed by atoms with Crippen LogP contribution in [0.1, 0.15) is 41.5 Å². The fourth-order valence-electron chi connectivity index (χ4n) is 4.66. The first-order valence-electron chi connectivity index (χ1n) is 8.43. The van der Waals surface area contributed by atoms with Crippen LogP contribution in [0.15, 0.2) is 42.5 Å². The van der Waals surface area contributed by atoms with Crippen molar-refractivity contribution in [3.05, 3.63) is 59.2 Å². The Balaban J connectivity index is 1.90. The molecule has 1 fully saturated rings. The van der Waals surface area contributed by atoms with Crippen molar-refractivity contribution in [3.8, 4) is 5.75 Å². The molecule has 3 nitrogen and oxygen atoms in total. The van der Waals surface area contributed by atoms with E-state index in [9.17, 15) is 0 Å². The van der Waals surface area contributed by atoms with Crippen LogP contribution in [-0.4, -0.2) is 25.6 Å². The lowest BCUT2D eigenvalue weighted by Gasteiger charge is -2.37. The van der Waals surface area contributed by atoms with Gasteiger partial charge in [-0.05, 0) is 67.2 Å². The van der Waals surface area contributed by atoms with Crippen LogP contribution in [0.25, 0.3) is 0 Å². The predicted molar refractivity (Wildman–Crippen MR) is 93.8 cm³/mol. The SMILES string of the molecule is COc1ccc2c(c1)C(c1ccccc1N)C1CCCN(C)C21. The molecule has 1 aliphatic carbocycles. The summed E-state index contributed by atoms with van der Waals surface area (Å²) in [7, 11) is 3.99. The molecular weight excluding hydrogens is 284 g/mol. The maximum Gasteiger partial charge on any atom is 0.119 e. The van der Waals surface area contributed by atoms with Crippen LogP contribution in [0.4, 0.5) is 5.69 Å². The van der Waals surface area contributed by atoms with E-state index in [0.29, 0.717) is 17.9 Å². The van der Waals surface area contributed by atoms with E-state index in [4.69, 9.17) is 10.5 Å². The second kappa shape index (κ2) is 5.57. The second-order valence-corrected chi connectivity index (χ2v) is 6.83. The Kier molecular flexibility index (Phi) is 3.53. The highest BCUT2D eigenvalue weighted by Gasteiger charge is 2.45. The van der Waals surface area contributed by atoms with Gasteiger partial charge in [0.15, 0.2) is 0 Å². The topological polar surface area (TPSA) is 38.5 Å². The summed E-state index contributed by atoms with van der Waals surface area (Å²) in [6.07, 6.45) is 2.51. The van der Waals surface area contributed by atoms with Gasteiger partial charge in [0.1, 0.15) is 5.75 Å². The van der Waals surface area contributed by atoms with Crippen LogP contribution in [-0.2, 0) is 0 Å². The van der Waals surface area contributed by atoms with E-state index >= 15 is 0 Å². The third kappa shape index (κ3) is 2.22. The molecule has 23 heavy (non-hydrogen) atoms. The molecule has 4 rings (SSSR count). The van der Waals surface area contributed by atoms with Gasteiger partial charge < -0.3 is 10.5 Å². The van der Waals surface area contributed by atoms with Gasteiger partial charge in [-0.2, -0.15) is 0 Å². The third-order valence-electron chi connectivity index (χ3n) is 5.64. The minimum atomic E-state index is 0.369. The molecule has 0 radical (unpaired) electrons. The van der Waals surface area contributed by atoms with Gasteiger partial charge in [-0.3, -0.25) is 4.90 Å². The van der Waals surface area contributed by atoms with Crippen LogP contribution < -0.4 is 10.5 Å². The molecule has 0 spiro atoms. The van der Waals surface area contributed by atoms with Crippen molar-refractivity contribution >= 4 is 5.69 Å². The summed E-state index contributed by atoms with van der Waals surface area (Å²) in [5.74, 6) is 1.90. The largest absolute Gasteiger partial charge is 0.497 e. The fourth-order valence-corrected chi connectivity index (χ4v) is 4.66. The van der Waals surface area contributed by atoms with Crippen LogP contribution >= 0.6 is 0 Å². The average molecular weight is 308 g/mol. The number of benzene rings is 2. The molecule has 2 aromatic rings. The first kappa shape index (κ1) is 14.6. The van der Waals surface area contributed by atoms with Gasteiger partial charge in [0.2, 0.25) is 0 Å². The number of methoxy groups -OCH3 is 1. The van der Waals surface area contributed by atoms with Gasteiger partial charge in [-0.15, -0.1) is 0 Å². The first-order valence-corrected chi connectivity index (χ1v) is 8.43. The van der Waals surface area contributed by atoms with Crippen molar-refractivity contribution < 1.29 is 4.74 Å². The zero-order valence-corrected chi connectivity index (χ0v) is 13.8. The zero-order valence-electron chi connectivity index (χ0n) is 13.8. The number of anilines is 1. The average Bonchev–Trinajstić information content (AvgIpc) is 2.90. The minimum Gasteiger partial charge on any atom is -0.497 e. The maximum absolute atomic E-state index is 6.34. The summed E-state index contributed by atoms with van der Waals surface area (Å²) in [6.45, 7) is 1.17. The highest BCUT2D eigenvalue weighted by atomic mass is 16.5. The molecule has 0 amide bonds. The molecule has 0 aromatic heterocycles. The number of para-hydroxylation sites is 1. The molecule has 3 unspecified atom stereocenters. The van der Waals surface area contributed by atoms with Gasteiger partial charge in [0.25, 0.3) is 0 Å². The highest BCUT2D eigenvalue weighted by molar-refractivity contribution is 5.57. The summed E-state index contributed by atoms with van der Waals surface area (Å²) in [5, 5.41) is 0. The van der Waals surface area contributed by atoms with E-state index < -0.39 is 0 Å². The van der Waals surface area contributed by atoms with Crippen molar-refractivity contribution in [1.29, 1.82) is 0 Å². The van der Waals surface area contributed by atoms with Crippen molar-refractivity contribution in [2.75, 3.05) is 26.4 Å². The second-order valence-electron chi connectivity index (χ2n) is 6.83. The van der Waals surface area contributed by atoms with E-state index in [2.05, 4.69) is 42.3 Å². The molecule has 1 heterocycles. The zero-order chi connectivity index (χ0) is 16.0. The molecular formula is C20H24N2O. The number of fused-ring (bicyclic) bond motifs is 3. The highest BCUT2D eigenvalue weighted by Crippen LogP contribution is 2.55. The summed E-state index contributed by atoms with van der Waals surface area (Å²) in [4.78, 5) is 2.51. The number of nitrogens with zero attached hydrogens (tertiary/aromatic N) is 1. The normalized spacial score (nSPS) is 26.6. The number of piperidine rings is 1. The lowest BCUT2D eigenvalue weighted by atomic mass is 9.79. The lowest BCUT2D eigenvalue weighted by molar-refractivity contribution is 0.127. The molecule has 0 saturated carbocycles. The molecule has 0 bridgehead atoms. The summed E-state index contributed by atoms with van der Waals surface area (Å²) in [6, 6.07) is 15.4. The minimum absolute atomic E-state index is 0.369. The van der Waals surface area contributed by atoms with Crippen LogP contribution in [0.5, 0.6) is 5.75 Å². The Morgan fingerprint density at radius 3 is 2.70 bits per heavy atom. The van der Waals surface area contributed by atoms with Crippen molar-refractivity contribution in [2.24, 2.45) is 5.92 Å². The monoisotopic (exact) mass is 308 g/mol. The maximum atomic E-state index is 6.34. The van der Waals surface area contributed by atoms with Crippen molar-refractivity contribution in [3.63, 3.8) is 0 Å². The standard InChI is InChI=1S/C20H24N2O/c1-22-11-5-7-16-19(15-6-3-4-8-18(15)21)17-12-13(23-2)9-10-14(17)20(16)22/h3-4,6,8-10,12,16,19-20H,5,7,11,21H2,1-2H3. The Morgan fingerprint density at radius 2 is 1.91 bits per heavy atom. The van der Waals surface area contributed by atoms with Gasteiger partial charge in [0, 0.05) is 17.6 Å². The number of likely N-dealkylation sites (tertiary alicyclic amines) is 1. The van der Waals surface area contributed by atoms with E-state index in [1.165, 1.54) is 36.1 Å². The number of hydrogen-bond acceptors (Lipinski definition) is 3. The molecule has 3 atom stereocenters. The van der Waals surface area contributed by atoms with E-state index in [1.54, 1.807) is 7.11 Å². The van der Waals surface area contributed by atoms with E-state index in [1.807, 2.05) is 12.1 Å². The fraction of sp³-hybridized carbons (Fsp3) is 0.400. The Labute approximate surface area is 138 Å². The molecule has 2 N–H and O–H groups in total. The predicted octanol–water partition coefficient (Wildman–Crippen LogP) is 3.81. The van der Waals surface area contributed by atoms with Crippen molar-refractivity contribution in [2.45, 2.75) is 24.8 Å². The smallest absolute Gasteiger partial charge is 0.119 e.